The molecule has 14 heteroatoms. The highest BCUT2D eigenvalue weighted by atomic mass is 32.2. The summed E-state index contributed by atoms with van der Waals surface area (Å²) in [7, 11) is -6.21. The Labute approximate surface area is 247 Å². The minimum atomic E-state index is -3.20. The van der Waals surface area contributed by atoms with Gasteiger partial charge in [0.25, 0.3) is 0 Å². The van der Waals surface area contributed by atoms with Crippen molar-refractivity contribution in [1.29, 1.82) is 0 Å². The fourth-order valence-electron chi connectivity index (χ4n) is 7.69. The number of carbonyl (C=O) groups excluding carboxylic acids is 4. The lowest BCUT2D eigenvalue weighted by Gasteiger charge is -2.37. The first-order valence-electron chi connectivity index (χ1n) is 14.3. The molecule has 0 aromatic carbocycles. The fourth-order valence-corrected chi connectivity index (χ4v) is 8.72. The Balaban J connectivity index is 0.000000169. The smallest absolute Gasteiger partial charge is 0.338 e. The van der Waals surface area contributed by atoms with E-state index in [1.807, 2.05) is 0 Å². The third kappa shape index (κ3) is 7.94. The molecule has 12 nitrogen and oxygen atoms in total. The van der Waals surface area contributed by atoms with Crippen molar-refractivity contribution < 1.29 is 45.5 Å². The monoisotopic (exact) mass is 628 g/mol. The predicted octanol–water partition coefficient (Wildman–Crippen LogP) is 1.15. The standard InChI is InChI=1S/C15H23NO5S.C9H15NO2S.C4H2O3/c1-7-9-4-10(6-16-22(3,19)20)11(5-9)12(7)13-8(2)14(17)21-15(13)18;1-13(11,12)10-6-9-5-7-2-3-8(9)4-7;5-3-1-2-4(6)7-3/h7-13,16H,4-6H2,1-3H3;2-3,7-10H,4-6H2,1H3;1-2H. The molecule has 2 N–H and O–H groups in total. The zero-order chi connectivity index (χ0) is 31.0. The van der Waals surface area contributed by atoms with E-state index in [2.05, 4.69) is 33.3 Å². The summed E-state index contributed by atoms with van der Waals surface area (Å²) in [5.74, 6) is 0.711. The van der Waals surface area contributed by atoms with Crippen LogP contribution in [0, 0.1) is 59.2 Å². The first-order valence-corrected chi connectivity index (χ1v) is 18.1. The molecule has 0 spiro atoms. The lowest BCUT2D eigenvalue weighted by molar-refractivity contribution is -0.155. The van der Waals surface area contributed by atoms with Gasteiger partial charge in [-0.15, -0.1) is 0 Å². The van der Waals surface area contributed by atoms with Crippen molar-refractivity contribution in [2.75, 3.05) is 25.6 Å². The summed E-state index contributed by atoms with van der Waals surface area (Å²) < 4.78 is 58.3. The molecule has 4 fully saturated rings. The maximum atomic E-state index is 12.1. The number of carbonyl (C=O) groups is 4. The lowest BCUT2D eigenvalue weighted by atomic mass is 9.66. The normalized spacial score (nSPS) is 37.8. The molecular weight excluding hydrogens is 588 g/mol. The minimum absolute atomic E-state index is 0.124. The van der Waals surface area contributed by atoms with Crippen LogP contribution in [0.1, 0.15) is 39.5 Å². The summed E-state index contributed by atoms with van der Waals surface area (Å²) >= 11 is 0. The quantitative estimate of drug-likeness (QED) is 0.236. The second kappa shape index (κ2) is 12.7. The van der Waals surface area contributed by atoms with Crippen LogP contribution in [0.4, 0.5) is 0 Å². The molecule has 234 valence electrons. The van der Waals surface area contributed by atoms with Crippen LogP contribution in [0.15, 0.2) is 24.3 Å². The largest absolute Gasteiger partial charge is 0.393 e. The number of nitrogens with one attached hydrogen (secondary N) is 2. The Kier molecular flexibility index (Phi) is 9.80. The van der Waals surface area contributed by atoms with E-state index in [4.69, 9.17) is 4.74 Å². The van der Waals surface area contributed by atoms with Gasteiger partial charge in [-0.3, -0.25) is 9.59 Å². The average molecular weight is 629 g/mol. The molecule has 6 rings (SSSR count). The number of cyclic esters (lactones) is 4. The van der Waals surface area contributed by atoms with Crippen LogP contribution in [0.5, 0.6) is 0 Å². The number of allylic oxidation sites excluding steroid dienone is 2. The number of rotatable bonds is 7. The van der Waals surface area contributed by atoms with Gasteiger partial charge in [-0.05, 0) is 73.0 Å². The molecule has 0 aromatic heterocycles. The molecule has 4 aliphatic carbocycles. The summed E-state index contributed by atoms with van der Waals surface area (Å²) in [4.78, 5) is 43.6. The number of ether oxygens (including phenoxy) is 2. The van der Waals surface area contributed by atoms with Crippen molar-refractivity contribution in [3.05, 3.63) is 24.3 Å². The Morgan fingerprint density at radius 2 is 1.36 bits per heavy atom. The third-order valence-corrected chi connectivity index (χ3v) is 11.0. The molecule has 3 saturated carbocycles. The summed E-state index contributed by atoms with van der Waals surface area (Å²) in [5, 5.41) is 0. The van der Waals surface area contributed by atoms with Crippen LogP contribution in [-0.2, 0) is 48.7 Å². The second-order valence-corrected chi connectivity index (χ2v) is 16.2. The van der Waals surface area contributed by atoms with Crippen LogP contribution in [-0.4, -0.2) is 66.3 Å². The van der Waals surface area contributed by atoms with E-state index in [9.17, 15) is 36.0 Å². The van der Waals surface area contributed by atoms with E-state index < -0.39 is 43.9 Å². The molecule has 0 amide bonds. The molecule has 4 bridgehead atoms. The Bertz CT molecular complexity index is 1360. The third-order valence-electron chi connectivity index (χ3n) is 9.62. The summed E-state index contributed by atoms with van der Waals surface area (Å²) in [6.45, 7) is 4.95. The molecule has 6 aliphatic rings. The highest BCUT2D eigenvalue weighted by Crippen LogP contribution is 2.59. The average Bonchev–Trinajstić information content (AvgIpc) is 3.72. The van der Waals surface area contributed by atoms with Gasteiger partial charge in [0.2, 0.25) is 20.0 Å². The van der Waals surface area contributed by atoms with Crippen molar-refractivity contribution in [2.24, 2.45) is 59.2 Å². The first kappa shape index (κ1) is 32.5. The lowest BCUT2D eigenvalue weighted by Crippen LogP contribution is -2.40. The SMILES string of the molecule is CC1C(=O)OC(=O)C1C1C(C)C2CC(CNS(C)(=O)=O)C1C2.CS(=O)(=O)NCC1CC2C=CC1C2.O=C1C=CC(=O)O1. The Morgan fingerprint density at radius 3 is 1.76 bits per heavy atom. The van der Waals surface area contributed by atoms with Crippen LogP contribution in [0.2, 0.25) is 0 Å². The topological polar surface area (TPSA) is 179 Å². The van der Waals surface area contributed by atoms with Gasteiger partial charge in [-0.2, -0.15) is 0 Å². The molecule has 2 heterocycles. The number of esters is 4. The van der Waals surface area contributed by atoms with Crippen LogP contribution >= 0.6 is 0 Å². The van der Waals surface area contributed by atoms with Gasteiger partial charge in [0.15, 0.2) is 0 Å². The van der Waals surface area contributed by atoms with E-state index in [-0.39, 0.29) is 23.7 Å². The van der Waals surface area contributed by atoms with Gasteiger partial charge in [-0.1, -0.05) is 26.0 Å². The maximum absolute atomic E-state index is 12.1. The predicted molar refractivity (Wildman–Crippen MR) is 151 cm³/mol. The second-order valence-electron chi connectivity index (χ2n) is 12.5. The van der Waals surface area contributed by atoms with Gasteiger partial charge in [0, 0.05) is 25.2 Å². The van der Waals surface area contributed by atoms with E-state index in [0.29, 0.717) is 42.7 Å². The molecule has 1 saturated heterocycles. The molecule has 0 aromatic rings. The molecule has 42 heavy (non-hydrogen) atoms. The van der Waals surface area contributed by atoms with Gasteiger partial charge in [0.05, 0.1) is 24.3 Å². The Hall–Kier alpha value is -2.42. The van der Waals surface area contributed by atoms with E-state index in [1.54, 1.807) is 6.92 Å². The van der Waals surface area contributed by atoms with Crippen LogP contribution < -0.4 is 9.44 Å². The summed E-state index contributed by atoms with van der Waals surface area (Å²) in [6, 6.07) is 0. The molecule has 10 unspecified atom stereocenters. The number of hydrogen-bond donors (Lipinski definition) is 2. The molecular formula is C28H40N2O10S2. The molecule has 10 atom stereocenters. The van der Waals surface area contributed by atoms with Crippen molar-refractivity contribution in [3.63, 3.8) is 0 Å². The van der Waals surface area contributed by atoms with Crippen molar-refractivity contribution in [2.45, 2.75) is 39.5 Å². The van der Waals surface area contributed by atoms with Crippen molar-refractivity contribution in [3.8, 4) is 0 Å². The highest BCUT2D eigenvalue weighted by molar-refractivity contribution is 7.89. The zero-order valence-corrected chi connectivity index (χ0v) is 25.9. The minimum Gasteiger partial charge on any atom is -0.393 e. The van der Waals surface area contributed by atoms with Crippen molar-refractivity contribution >= 4 is 43.9 Å². The fraction of sp³-hybridized carbons (Fsp3) is 0.714. The molecule has 2 aliphatic heterocycles. The maximum Gasteiger partial charge on any atom is 0.338 e. The highest BCUT2D eigenvalue weighted by Gasteiger charge is 2.58. The van der Waals surface area contributed by atoms with Gasteiger partial charge in [-0.25, -0.2) is 35.9 Å². The van der Waals surface area contributed by atoms with Gasteiger partial charge in [0.1, 0.15) is 0 Å². The Morgan fingerprint density at radius 1 is 0.762 bits per heavy atom. The zero-order valence-electron chi connectivity index (χ0n) is 24.2. The number of fused-ring (bicyclic) bond motifs is 4. The number of sulfonamides is 2. The van der Waals surface area contributed by atoms with Gasteiger partial charge < -0.3 is 9.47 Å². The van der Waals surface area contributed by atoms with E-state index >= 15 is 0 Å². The summed E-state index contributed by atoms with van der Waals surface area (Å²) in [5.41, 5.74) is 0. The number of hydrogen-bond acceptors (Lipinski definition) is 10. The van der Waals surface area contributed by atoms with Crippen LogP contribution in [0.3, 0.4) is 0 Å². The summed E-state index contributed by atoms with van der Waals surface area (Å²) in [6.07, 6.45) is 13.5. The van der Waals surface area contributed by atoms with E-state index in [0.717, 1.165) is 43.6 Å². The molecule has 0 radical (unpaired) electrons. The van der Waals surface area contributed by atoms with E-state index in [1.165, 1.54) is 12.7 Å². The first-order chi connectivity index (χ1) is 19.5. The van der Waals surface area contributed by atoms with Crippen LogP contribution in [0.25, 0.3) is 0 Å². The van der Waals surface area contributed by atoms with Crippen molar-refractivity contribution in [1.82, 2.24) is 9.44 Å². The van der Waals surface area contributed by atoms with Gasteiger partial charge >= 0.3 is 23.9 Å².